The zero-order valence-corrected chi connectivity index (χ0v) is 18.5. The van der Waals surface area contributed by atoms with E-state index in [1.54, 1.807) is 12.1 Å². The van der Waals surface area contributed by atoms with Crippen molar-refractivity contribution < 1.29 is 17.9 Å². The Kier molecular flexibility index (Phi) is 7.67. The van der Waals surface area contributed by atoms with E-state index in [9.17, 15) is 13.2 Å². The van der Waals surface area contributed by atoms with Gasteiger partial charge in [-0.1, -0.05) is 18.2 Å². The molecule has 0 radical (unpaired) electrons. The van der Waals surface area contributed by atoms with Gasteiger partial charge in [-0.15, -0.1) is 0 Å². The molecule has 0 bridgehead atoms. The first-order valence-corrected chi connectivity index (χ1v) is 11.5. The molecule has 0 aliphatic carbocycles. The van der Waals surface area contributed by atoms with Crippen molar-refractivity contribution in [2.24, 2.45) is 0 Å². The van der Waals surface area contributed by atoms with E-state index in [4.69, 9.17) is 4.74 Å². The molecule has 158 valence electrons. The second-order valence-corrected chi connectivity index (χ2v) is 9.40. The fourth-order valence-corrected chi connectivity index (χ4v) is 4.05. The third-order valence-electron chi connectivity index (χ3n) is 4.18. The van der Waals surface area contributed by atoms with Gasteiger partial charge in [0.1, 0.15) is 5.75 Å². The number of amides is 1. The summed E-state index contributed by atoms with van der Waals surface area (Å²) in [5.41, 5.74) is 3.22. The third kappa shape index (κ3) is 7.09. The summed E-state index contributed by atoms with van der Waals surface area (Å²) in [4.78, 5) is 12.4. The van der Waals surface area contributed by atoms with Crippen LogP contribution in [0.2, 0.25) is 0 Å². The second-order valence-electron chi connectivity index (χ2n) is 7.50. The van der Waals surface area contributed by atoms with Gasteiger partial charge >= 0.3 is 0 Å². The van der Waals surface area contributed by atoms with Crippen LogP contribution in [-0.2, 0) is 14.8 Å². The second kappa shape index (κ2) is 9.78. The highest BCUT2D eigenvalue weighted by molar-refractivity contribution is 7.92. The lowest BCUT2D eigenvalue weighted by Gasteiger charge is -2.23. The Labute approximate surface area is 173 Å². The van der Waals surface area contributed by atoms with E-state index in [0.29, 0.717) is 23.5 Å². The fourth-order valence-electron chi connectivity index (χ4n) is 3.10. The summed E-state index contributed by atoms with van der Waals surface area (Å²) in [5, 5.41) is 2.85. The predicted molar refractivity (Wildman–Crippen MR) is 118 cm³/mol. The number of rotatable bonds is 9. The van der Waals surface area contributed by atoms with Gasteiger partial charge in [0.05, 0.1) is 23.7 Å². The quantitative estimate of drug-likeness (QED) is 0.660. The van der Waals surface area contributed by atoms with Crippen molar-refractivity contribution in [1.29, 1.82) is 0 Å². The van der Waals surface area contributed by atoms with E-state index in [1.807, 2.05) is 58.0 Å². The number of sulfonamides is 1. The van der Waals surface area contributed by atoms with Gasteiger partial charge in [-0.25, -0.2) is 8.42 Å². The molecule has 1 amide bonds. The van der Waals surface area contributed by atoms with E-state index >= 15 is 0 Å². The molecule has 7 heteroatoms. The smallest absolute Gasteiger partial charge is 0.232 e. The van der Waals surface area contributed by atoms with Gasteiger partial charge in [0, 0.05) is 13.0 Å². The van der Waals surface area contributed by atoms with Crippen LogP contribution in [0.25, 0.3) is 0 Å². The van der Waals surface area contributed by atoms with E-state index in [2.05, 4.69) is 5.32 Å². The molecule has 1 N–H and O–H groups in total. The molecule has 6 nitrogen and oxygen atoms in total. The largest absolute Gasteiger partial charge is 0.489 e. The van der Waals surface area contributed by atoms with Crippen molar-refractivity contribution in [1.82, 2.24) is 0 Å². The van der Waals surface area contributed by atoms with Crippen LogP contribution in [0.5, 0.6) is 5.75 Å². The molecule has 0 aliphatic heterocycles. The molecule has 0 unspecified atom stereocenters. The minimum absolute atomic E-state index is 0.00541. The zero-order chi connectivity index (χ0) is 21.6. The maximum absolute atomic E-state index is 12.4. The molecule has 0 spiro atoms. The number of carbonyl (C=O) groups excluding carboxylic acids is 1. The van der Waals surface area contributed by atoms with Crippen LogP contribution in [0, 0.1) is 13.8 Å². The summed E-state index contributed by atoms with van der Waals surface area (Å²) < 4.78 is 31.6. The number of hydrogen-bond acceptors (Lipinski definition) is 4. The third-order valence-corrected chi connectivity index (χ3v) is 5.38. The highest BCUT2D eigenvalue weighted by Crippen LogP contribution is 2.25. The van der Waals surface area contributed by atoms with Crippen LogP contribution in [0.15, 0.2) is 42.5 Å². The molecule has 0 aromatic heterocycles. The molecule has 2 aromatic carbocycles. The molecular formula is C22H30N2O4S. The van der Waals surface area contributed by atoms with Gasteiger partial charge in [-0.2, -0.15) is 0 Å². The van der Waals surface area contributed by atoms with Crippen LogP contribution >= 0.6 is 0 Å². The number of anilines is 2. The molecule has 0 aliphatic rings. The Morgan fingerprint density at radius 1 is 1.10 bits per heavy atom. The first kappa shape index (κ1) is 22.7. The van der Waals surface area contributed by atoms with Gasteiger partial charge in [-0.3, -0.25) is 9.10 Å². The molecule has 0 heterocycles. The number of nitrogens with zero attached hydrogens (tertiary/aromatic N) is 1. The van der Waals surface area contributed by atoms with Crippen LogP contribution < -0.4 is 14.4 Å². The number of benzene rings is 2. The predicted octanol–water partition coefficient (Wildman–Crippen LogP) is 4.28. The molecule has 0 saturated carbocycles. The van der Waals surface area contributed by atoms with Crippen molar-refractivity contribution >= 4 is 27.3 Å². The monoisotopic (exact) mass is 418 g/mol. The standard InChI is InChI=1S/C22H30N2O4S/c1-16(2)28-21-10-7-6-9-20(21)23-22(25)11-8-12-24(29(5,26)27)19-14-17(3)13-18(4)15-19/h6-7,9-10,13-16H,8,11-12H2,1-5H3,(H,23,25). The summed E-state index contributed by atoms with van der Waals surface area (Å²) in [6, 6.07) is 12.9. The van der Waals surface area contributed by atoms with Gasteiger partial charge < -0.3 is 10.1 Å². The Bertz CT molecular complexity index is 935. The zero-order valence-electron chi connectivity index (χ0n) is 17.7. The molecular weight excluding hydrogens is 388 g/mol. The van der Waals surface area contributed by atoms with Crippen molar-refractivity contribution in [3.63, 3.8) is 0 Å². The van der Waals surface area contributed by atoms with Gasteiger partial charge in [-0.05, 0) is 69.5 Å². The molecule has 2 rings (SSSR count). The van der Waals surface area contributed by atoms with E-state index < -0.39 is 10.0 Å². The minimum atomic E-state index is -3.45. The van der Waals surface area contributed by atoms with Crippen LogP contribution in [-0.4, -0.2) is 33.2 Å². The van der Waals surface area contributed by atoms with Gasteiger partial charge in [0.25, 0.3) is 0 Å². The lowest BCUT2D eigenvalue weighted by molar-refractivity contribution is -0.116. The average molecular weight is 419 g/mol. The fraction of sp³-hybridized carbons (Fsp3) is 0.409. The van der Waals surface area contributed by atoms with Crippen molar-refractivity contribution in [3.8, 4) is 5.75 Å². The van der Waals surface area contributed by atoms with E-state index in [1.165, 1.54) is 10.6 Å². The van der Waals surface area contributed by atoms with Crippen molar-refractivity contribution in [2.75, 3.05) is 22.4 Å². The minimum Gasteiger partial charge on any atom is -0.489 e. The Morgan fingerprint density at radius 3 is 2.31 bits per heavy atom. The summed E-state index contributed by atoms with van der Waals surface area (Å²) in [5.74, 6) is 0.433. The van der Waals surface area contributed by atoms with E-state index in [-0.39, 0.29) is 25.0 Å². The van der Waals surface area contributed by atoms with Crippen molar-refractivity contribution in [2.45, 2.75) is 46.6 Å². The summed E-state index contributed by atoms with van der Waals surface area (Å²) in [6.07, 6.45) is 1.78. The highest BCUT2D eigenvalue weighted by atomic mass is 32.2. The number of para-hydroxylation sites is 2. The molecule has 29 heavy (non-hydrogen) atoms. The highest BCUT2D eigenvalue weighted by Gasteiger charge is 2.18. The van der Waals surface area contributed by atoms with Crippen LogP contribution in [0.3, 0.4) is 0 Å². The molecule has 0 fully saturated rings. The van der Waals surface area contributed by atoms with Crippen molar-refractivity contribution in [3.05, 3.63) is 53.6 Å². The van der Waals surface area contributed by atoms with Gasteiger partial charge in [0.2, 0.25) is 15.9 Å². The normalized spacial score (nSPS) is 11.4. The first-order valence-electron chi connectivity index (χ1n) is 9.68. The topological polar surface area (TPSA) is 75.7 Å². The number of aryl methyl sites for hydroxylation is 2. The van der Waals surface area contributed by atoms with Crippen LogP contribution in [0.4, 0.5) is 11.4 Å². The number of ether oxygens (including phenoxy) is 1. The van der Waals surface area contributed by atoms with Crippen LogP contribution in [0.1, 0.15) is 37.8 Å². The SMILES string of the molecule is Cc1cc(C)cc(N(CCCC(=O)Nc2ccccc2OC(C)C)S(C)(=O)=O)c1. The molecule has 2 aromatic rings. The Morgan fingerprint density at radius 2 is 1.72 bits per heavy atom. The first-order chi connectivity index (χ1) is 13.6. The summed E-state index contributed by atoms with van der Waals surface area (Å²) in [6.45, 7) is 7.94. The summed E-state index contributed by atoms with van der Waals surface area (Å²) in [7, 11) is -3.45. The lowest BCUT2D eigenvalue weighted by Crippen LogP contribution is -2.31. The summed E-state index contributed by atoms with van der Waals surface area (Å²) >= 11 is 0. The number of nitrogens with one attached hydrogen (secondary N) is 1. The average Bonchev–Trinajstić information content (AvgIpc) is 2.58. The molecule has 0 atom stereocenters. The Balaban J connectivity index is 2.02. The number of carbonyl (C=O) groups is 1. The number of hydrogen-bond donors (Lipinski definition) is 1. The Hall–Kier alpha value is -2.54. The molecule has 0 saturated heterocycles. The lowest BCUT2D eigenvalue weighted by atomic mass is 10.1. The maximum Gasteiger partial charge on any atom is 0.232 e. The van der Waals surface area contributed by atoms with E-state index in [0.717, 1.165) is 11.1 Å². The maximum atomic E-state index is 12.4. The van der Waals surface area contributed by atoms with Gasteiger partial charge in [0.15, 0.2) is 0 Å².